The molecule has 4 unspecified atom stereocenters. The van der Waals surface area contributed by atoms with Gasteiger partial charge in [0.15, 0.2) is 0 Å². The number of methoxy groups -OCH3 is 1. The van der Waals surface area contributed by atoms with Crippen molar-refractivity contribution in [3.63, 3.8) is 0 Å². The van der Waals surface area contributed by atoms with Crippen molar-refractivity contribution in [3.05, 3.63) is 58.9 Å². The van der Waals surface area contributed by atoms with Crippen LogP contribution in [0.15, 0.2) is 36.4 Å². The molecule has 1 saturated heterocycles. The normalized spacial score (nSPS) is 27.4. The standard InChI is InChI=1S/C24H28FN3O2/c1-28-21-10-15(22(30-2)12-18(21)17-11-19(17)24(28)29)13-27-20-4-3-9-26-23(20)14-5-7-16(25)8-6-14/h5-8,10,12,17,19-20,23,26-27H,3-4,9,11,13H2,1-2H3. The molecule has 0 bridgehead atoms. The second kappa shape index (κ2) is 7.67. The summed E-state index contributed by atoms with van der Waals surface area (Å²) in [4.78, 5) is 14.3. The predicted molar refractivity (Wildman–Crippen MR) is 114 cm³/mol. The van der Waals surface area contributed by atoms with Gasteiger partial charge in [-0.1, -0.05) is 12.1 Å². The molecule has 4 atom stereocenters. The lowest BCUT2D eigenvalue weighted by molar-refractivity contribution is -0.119. The number of benzene rings is 2. The van der Waals surface area contributed by atoms with E-state index >= 15 is 0 Å². The summed E-state index contributed by atoms with van der Waals surface area (Å²) < 4.78 is 19.1. The number of amides is 1. The fourth-order valence-electron chi connectivity index (χ4n) is 5.09. The first kappa shape index (κ1) is 19.5. The average molecular weight is 410 g/mol. The Balaban J connectivity index is 1.37. The molecular formula is C24H28FN3O2. The lowest BCUT2D eigenvalue weighted by Crippen LogP contribution is -2.45. The monoisotopic (exact) mass is 409 g/mol. The number of halogens is 1. The Morgan fingerprint density at radius 3 is 2.80 bits per heavy atom. The quantitative estimate of drug-likeness (QED) is 0.794. The molecule has 2 fully saturated rings. The Kier molecular flexibility index (Phi) is 4.99. The Morgan fingerprint density at radius 2 is 2.03 bits per heavy atom. The highest BCUT2D eigenvalue weighted by Gasteiger charge is 2.50. The maximum Gasteiger partial charge on any atom is 0.230 e. The average Bonchev–Trinajstić information content (AvgIpc) is 3.57. The van der Waals surface area contributed by atoms with E-state index in [9.17, 15) is 9.18 Å². The van der Waals surface area contributed by atoms with Gasteiger partial charge < -0.3 is 20.3 Å². The van der Waals surface area contributed by atoms with Crippen LogP contribution in [0.1, 0.15) is 47.9 Å². The molecule has 5 rings (SSSR count). The SMILES string of the molecule is COc1cc2c(cc1CNC1CCCNC1c1ccc(F)cc1)N(C)C(=O)C1CC21. The minimum atomic E-state index is -0.213. The summed E-state index contributed by atoms with van der Waals surface area (Å²) in [6.07, 6.45) is 3.09. The van der Waals surface area contributed by atoms with E-state index in [1.54, 1.807) is 12.0 Å². The Hall–Kier alpha value is -2.44. The molecule has 30 heavy (non-hydrogen) atoms. The molecule has 1 amide bonds. The van der Waals surface area contributed by atoms with Crippen molar-refractivity contribution >= 4 is 11.6 Å². The summed E-state index contributed by atoms with van der Waals surface area (Å²) in [6, 6.07) is 11.4. The van der Waals surface area contributed by atoms with Crippen molar-refractivity contribution in [1.29, 1.82) is 0 Å². The van der Waals surface area contributed by atoms with Crippen LogP contribution in [0, 0.1) is 11.7 Å². The summed E-state index contributed by atoms with van der Waals surface area (Å²) in [6.45, 7) is 1.61. The van der Waals surface area contributed by atoms with Crippen LogP contribution in [0.5, 0.6) is 5.75 Å². The van der Waals surface area contributed by atoms with Crippen molar-refractivity contribution in [1.82, 2.24) is 10.6 Å². The molecule has 0 spiro atoms. The number of ether oxygens (including phenoxy) is 1. The van der Waals surface area contributed by atoms with E-state index < -0.39 is 0 Å². The van der Waals surface area contributed by atoms with Gasteiger partial charge in [0.25, 0.3) is 0 Å². The molecule has 2 aromatic rings. The third kappa shape index (κ3) is 3.38. The van der Waals surface area contributed by atoms with Gasteiger partial charge in [0.2, 0.25) is 5.91 Å². The van der Waals surface area contributed by atoms with Crippen molar-refractivity contribution in [2.45, 2.75) is 43.8 Å². The minimum absolute atomic E-state index is 0.138. The first-order valence-corrected chi connectivity index (χ1v) is 10.8. The van der Waals surface area contributed by atoms with Crippen molar-refractivity contribution < 1.29 is 13.9 Å². The topological polar surface area (TPSA) is 53.6 Å². The zero-order valence-corrected chi connectivity index (χ0v) is 17.5. The summed E-state index contributed by atoms with van der Waals surface area (Å²) in [5.74, 6) is 1.39. The molecule has 2 aliphatic heterocycles. The molecule has 0 aromatic heterocycles. The van der Waals surface area contributed by atoms with Crippen LogP contribution >= 0.6 is 0 Å². The number of nitrogens with one attached hydrogen (secondary N) is 2. The second-order valence-corrected chi connectivity index (χ2v) is 8.68. The van der Waals surface area contributed by atoms with E-state index in [0.29, 0.717) is 12.5 Å². The first-order valence-electron chi connectivity index (χ1n) is 10.8. The first-order chi connectivity index (χ1) is 14.6. The summed E-state index contributed by atoms with van der Waals surface area (Å²) in [5.41, 5.74) is 4.38. The van der Waals surface area contributed by atoms with E-state index in [1.165, 1.54) is 17.7 Å². The van der Waals surface area contributed by atoms with E-state index in [2.05, 4.69) is 22.8 Å². The molecule has 158 valence electrons. The van der Waals surface area contributed by atoms with Crippen molar-refractivity contribution in [3.8, 4) is 5.75 Å². The van der Waals surface area contributed by atoms with E-state index in [0.717, 1.165) is 48.4 Å². The molecule has 6 heteroatoms. The van der Waals surface area contributed by atoms with Gasteiger partial charge in [0.05, 0.1) is 7.11 Å². The van der Waals surface area contributed by atoms with Gasteiger partial charge in [-0.15, -0.1) is 0 Å². The molecule has 1 saturated carbocycles. The number of piperidine rings is 1. The van der Waals surface area contributed by atoms with E-state index in [4.69, 9.17) is 4.74 Å². The number of anilines is 1. The van der Waals surface area contributed by atoms with Crippen LogP contribution in [-0.2, 0) is 11.3 Å². The van der Waals surface area contributed by atoms with Crippen LogP contribution in [0.25, 0.3) is 0 Å². The minimum Gasteiger partial charge on any atom is -0.496 e. The predicted octanol–water partition coefficient (Wildman–Crippen LogP) is 3.50. The van der Waals surface area contributed by atoms with Gasteiger partial charge in [0, 0.05) is 42.8 Å². The number of carbonyl (C=O) groups excluding carboxylic acids is 1. The third-order valence-electron chi connectivity index (χ3n) is 6.87. The molecule has 3 aliphatic rings. The lowest BCUT2D eigenvalue weighted by atomic mass is 9.92. The smallest absolute Gasteiger partial charge is 0.230 e. The summed E-state index contributed by atoms with van der Waals surface area (Å²) >= 11 is 0. The Morgan fingerprint density at radius 1 is 1.23 bits per heavy atom. The largest absolute Gasteiger partial charge is 0.496 e. The summed E-state index contributed by atoms with van der Waals surface area (Å²) in [7, 11) is 3.58. The van der Waals surface area contributed by atoms with Crippen LogP contribution in [0.3, 0.4) is 0 Å². The van der Waals surface area contributed by atoms with Gasteiger partial charge in [-0.05, 0) is 67.1 Å². The maximum atomic E-state index is 13.4. The zero-order chi connectivity index (χ0) is 20.8. The Labute approximate surface area is 176 Å². The van der Waals surface area contributed by atoms with Crippen LogP contribution < -0.4 is 20.3 Å². The third-order valence-corrected chi connectivity index (χ3v) is 6.87. The van der Waals surface area contributed by atoms with Gasteiger partial charge >= 0.3 is 0 Å². The molecular weight excluding hydrogens is 381 g/mol. The highest BCUT2D eigenvalue weighted by molar-refractivity contribution is 6.01. The van der Waals surface area contributed by atoms with Crippen molar-refractivity contribution in [2.75, 3.05) is 25.6 Å². The van der Waals surface area contributed by atoms with Crippen LogP contribution in [-0.4, -0.2) is 32.7 Å². The number of hydrogen-bond donors (Lipinski definition) is 2. The summed E-state index contributed by atoms with van der Waals surface area (Å²) in [5, 5.41) is 7.27. The van der Waals surface area contributed by atoms with Gasteiger partial charge in [-0.2, -0.15) is 0 Å². The number of nitrogens with zero attached hydrogens (tertiary/aromatic N) is 1. The van der Waals surface area contributed by atoms with Gasteiger partial charge in [0.1, 0.15) is 11.6 Å². The molecule has 2 heterocycles. The maximum absolute atomic E-state index is 13.4. The number of carbonyl (C=O) groups is 1. The van der Waals surface area contributed by atoms with Gasteiger partial charge in [-0.3, -0.25) is 4.79 Å². The Bertz CT molecular complexity index is 962. The van der Waals surface area contributed by atoms with Crippen LogP contribution in [0.2, 0.25) is 0 Å². The number of rotatable bonds is 5. The highest BCUT2D eigenvalue weighted by atomic mass is 19.1. The molecule has 0 radical (unpaired) electrons. The number of hydrogen-bond acceptors (Lipinski definition) is 4. The highest BCUT2D eigenvalue weighted by Crippen LogP contribution is 2.56. The van der Waals surface area contributed by atoms with Crippen LogP contribution in [0.4, 0.5) is 10.1 Å². The van der Waals surface area contributed by atoms with Crippen molar-refractivity contribution in [2.24, 2.45) is 5.92 Å². The van der Waals surface area contributed by atoms with E-state index in [-0.39, 0.29) is 29.7 Å². The van der Waals surface area contributed by atoms with Gasteiger partial charge in [-0.25, -0.2) is 4.39 Å². The zero-order valence-electron chi connectivity index (χ0n) is 17.5. The fraction of sp³-hybridized carbons (Fsp3) is 0.458. The van der Waals surface area contributed by atoms with E-state index in [1.807, 2.05) is 19.2 Å². The molecule has 2 N–H and O–H groups in total. The lowest BCUT2D eigenvalue weighted by Gasteiger charge is -2.34. The number of fused-ring (bicyclic) bond motifs is 3. The molecule has 5 nitrogen and oxygen atoms in total. The molecule has 1 aliphatic carbocycles. The molecule has 2 aromatic carbocycles. The second-order valence-electron chi connectivity index (χ2n) is 8.68. The fourth-order valence-corrected chi connectivity index (χ4v) is 5.09.